The summed E-state index contributed by atoms with van der Waals surface area (Å²) in [5.41, 5.74) is 2.62. The number of hydrogen-bond donors (Lipinski definition) is 0. The second-order valence-corrected chi connectivity index (χ2v) is 8.14. The van der Waals surface area contributed by atoms with E-state index in [1.807, 2.05) is 18.6 Å². The van der Waals surface area contributed by atoms with E-state index in [1.165, 1.54) is 16.8 Å². The third-order valence-electron chi connectivity index (χ3n) is 5.29. The van der Waals surface area contributed by atoms with Crippen LogP contribution in [0.4, 0.5) is 10.1 Å². The molecule has 0 saturated carbocycles. The average molecular weight is 429 g/mol. The lowest BCUT2D eigenvalue weighted by Gasteiger charge is -2.12. The normalized spacial score (nSPS) is 12.0. The van der Waals surface area contributed by atoms with Gasteiger partial charge in [0, 0.05) is 36.4 Å². The van der Waals surface area contributed by atoms with Gasteiger partial charge in [-0.15, -0.1) is 11.3 Å². The summed E-state index contributed by atoms with van der Waals surface area (Å²) in [5, 5.41) is 4.52. The number of para-hydroxylation sites is 1. The monoisotopic (exact) mass is 428 g/mol. The fourth-order valence-electron chi connectivity index (χ4n) is 3.78. The van der Waals surface area contributed by atoms with Crippen molar-refractivity contribution < 1.29 is 4.39 Å². The number of benzene rings is 3. The Morgan fingerprint density at radius 1 is 0.935 bits per heavy atom. The number of thiazole rings is 1. The number of rotatable bonds is 6. The molecule has 0 radical (unpaired) electrons. The molecule has 0 fully saturated rings. The quantitative estimate of drug-likeness (QED) is 0.325. The van der Waals surface area contributed by atoms with Crippen LogP contribution in [-0.2, 0) is 13.1 Å². The Morgan fingerprint density at radius 2 is 1.77 bits per heavy atom. The highest BCUT2D eigenvalue weighted by Gasteiger charge is 2.12. The van der Waals surface area contributed by atoms with E-state index in [2.05, 4.69) is 67.0 Å². The number of halogens is 1. The molecular weight excluding hydrogens is 407 g/mol. The Morgan fingerprint density at radius 3 is 2.65 bits per heavy atom. The van der Waals surface area contributed by atoms with E-state index < -0.39 is 0 Å². The molecule has 31 heavy (non-hydrogen) atoms. The lowest BCUT2D eigenvalue weighted by molar-refractivity contribution is 0.558. The van der Waals surface area contributed by atoms with Crippen LogP contribution in [-0.4, -0.2) is 14.1 Å². The van der Waals surface area contributed by atoms with Gasteiger partial charge in [0.25, 0.3) is 0 Å². The second-order valence-electron chi connectivity index (χ2n) is 7.30. The summed E-state index contributed by atoms with van der Waals surface area (Å²) < 4.78 is 18.5. The first-order valence-electron chi connectivity index (χ1n) is 10.2. The molecule has 0 aliphatic rings. The molecule has 0 saturated heterocycles. The first-order valence-corrected chi connectivity index (χ1v) is 11.1. The summed E-state index contributed by atoms with van der Waals surface area (Å²) in [7, 11) is 0. The standard InChI is InChI=1S/C25H21FN4S/c26-22-11-3-4-12-23(22)28-25-30(15-6-14-29-16-13-27-18-29)24(17-31-25)21-10-5-8-19-7-1-2-9-20(19)21/h1-5,7-13,16-18H,6,14-15H2. The van der Waals surface area contributed by atoms with Crippen LogP contribution in [0.3, 0.4) is 0 Å². The van der Waals surface area contributed by atoms with Crippen LogP contribution in [0.5, 0.6) is 0 Å². The number of aromatic nitrogens is 3. The lowest BCUT2D eigenvalue weighted by Crippen LogP contribution is -2.17. The third kappa shape index (κ3) is 4.07. The molecule has 0 bridgehead atoms. The second kappa shape index (κ2) is 8.70. The van der Waals surface area contributed by atoms with Gasteiger partial charge in [-0.3, -0.25) is 0 Å². The molecule has 0 atom stereocenters. The Hall–Kier alpha value is -3.51. The van der Waals surface area contributed by atoms with Gasteiger partial charge >= 0.3 is 0 Å². The van der Waals surface area contributed by atoms with Crippen LogP contribution >= 0.6 is 11.3 Å². The zero-order valence-corrected chi connectivity index (χ0v) is 17.7. The van der Waals surface area contributed by atoms with Crippen LogP contribution < -0.4 is 4.80 Å². The van der Waals surface area contributed by atoms with Crippen molar-refractivity contribution in [2.24, 2.45) is 4.99 Å². The molecule has 5 rings (SSSR count). The van der Waals surface area contributed by atoms with Crippen molar-refractivity contribution in [3.63, 3.8) is 0 Å². The van der Waals surface area contributed by atoms with Crippen LogP contribution in [0.15, 0.2) is 95.8 Å². The first-order chi connectivity index (χ1) is 15.3. The molecule has 0 unspecified atom stereocenters. The molecule has 6 heteroatoms. The van der Waals surface area contributed by atoms with Gasteiger partial charge in [-0.25, -0.2) is 14.4 Å². The van der Waals surface area contributed by atoms with Gasteiger partial charge in [0.05, 0.1) is 12.0 Å². The topological polar surface area (TPSA) is 35.1 Å². The fourth-order valence-corrected chi connectivity index (χ4v) is 4.71. The van der Waals surface area contributed by atoms with E-state index >= 15 is 0 Å². The molecule has 0 amide bonds. The van der Waals surface area contributed by atoms with Crippen LogP contribution in [0.2, 0.25) is 0 Å². The highest BCUT2D eigenvalue weighted by molar-refractivity contribution is 7.07. The zero-order valence-electron chi connectivity index (χ0n) is 16.9. The fraction of sp³-hybridized carbons (Fsp3) is 0.120. The number of fused-ring (bicyclic) bond motifs is 1. The van der Waals surface area contributed by atoms with Crippen LogP contribution in [0.25, 0.3) is 22.0 Å². The number of nitrogens with zero attached hydrogens (tertiary/aromatic N) is 4. The first kappa shape index (κ1) is 19.5. The summed E-state index contributed by atoms with van der Waals surface area (Å²) in [5.74, 6) is -0.312. The number of aryl methyl sites for hydroxylation is 1. The summed E-state index contributed by atoms with van der Waals surface area (Å²) in [6.45, 7) is 1.63. The molecule has 0 N–H and O–H groups in total. The summed E-state index contributed by atoms with van der Waals surface area (Å²) in [4.78, 5) is 9.58. The van der Waals surface area contributed by atoms with Gasteiger partial charge in [-0.1, -0.05) is 54.6 Å². The van der Waals surface area contributed by atoms with E-state index in [-0.39, 0.29) is 5.82 Å². The molecule has 0 aliphatic carbocycles. The van der Waals surface area contributed by atoms with Crippen molar-refractivity contribution in [2.45, 2.75) is 19.5 Å². The van der Waals surface area contributed by atoms with E-state index in [0.717, 1.165) is 35.6 Å². The van der Waals surface area contributed by atoms with Crippen molar-refractivity contribution in [3.8, 4) is 11.3 Å². The van der Waals surface area contributed by atoms with Gasteiger partial charge < -0.3 is 9.13 Å². The minimum absolute atomic E-state index is 0.312. The molecule has 2 heterocycles. The predicted molar refractivity (Wildman–Crippen MR) is 124 cm³/mol. The molecule has 3 aromatic carbocycles. The molecule has 0 aliphatic heterocycles. The minimum atomic E-state index is -0.312. The molecule has 4 nitrogen and oxygen atoms in total. The SMILES string of the molecule is Fc1ccccc1N=c1scc(-c2cccc3ccccc23)n1CCCn1ccnc1. The summed E-state index contributed by atoms with van der Waals surface area (Å²) in [6.07, 6.45) is 6.50. The van der Waals surface area contributed by atoms with E-state index in [0.29, 0.717) is 5.69 Å². The van der Waals surface area contributed by atoms with Gasteiger partial charge in [-0.05, 0) is 29.3 Å². The lowest BCUT2D eigenvalue weighted by atomic mass is 10.0. The highest BCUT2D eigenvalue weighted by Crippen LogP contribution is 2.29. The Kier molecular flexibility index (Phi) is 5.46. The van der Waals surface area contributed by atoms with E-state index in [1.54, 1.807) is 29.7 Å². The predicted octanol–water partition coefficient (Wildman–Crippen LogP) is 6.03. The van der Waals surface area contributed by atoms with Gasteiger partial charge in [0.15, 0.2) is 4.80 Å². The van der Waals surface area contributed by atoms with Crippen molar-refractivity contribution in [2.75, 3.05) is 0 Å². The summed E-state index contributed by atoms with van der Waals surface area (Å²) in [6, 6.07) is 21.4. The van der Waals surface area contributed by atoms with Crippen LogP contribution in [0, 0.1) is 5.82 Å². The molecule has 5 aromatic rings. The molecular formula is C25H21FN4S. The maximum atomic E-state index is 14.3. The number of hydrogen-bond acceptors (Lipinski definition) is 3. The molecule has 0 spiro atoms. The smallest absolute Gasteiger partial charge is 0.190 e. The minimum Gasteiger partial charge on any atom is -0.337 e. The van der Waals surface area contributed by atoms with Crippen molar-refractivity contribution in [1.29, 1.82) is 0 Å². The maximum Gasteiger partial charge on any atom is 0.190 e. The van der Waals surface area contributed by atoms with E-state index in [9.17, 15) is 4.39 Å². The average Bonchev–Trinajstić information content (AvgIpc) is 3.45. The van der Waals surface area contributed by atoms with Gasteiger partial charge in [0.2, 0.25) is 0 Å². The Balaban J connectivity index is 1.61. The third-order valence-corrected chi connectivity index (χ3v) is 6.15. The molecule has 2 aromatic heterocycles. The van der Waals surface area contributed by atoms with E-state index in [4.69, 9.17) is 0 Å². The van der Waals surface area contributed by atoms with Gasteiger partial charge in [-0.2, -0.15) is 0 Å². The number of imidazole rings is 1. The Labute approximate surface area is 183 Å². The molecule has 154 valence electrons. The highest BCUT2D eigenvalue weighted by atomic mass is 32.1. The van der Waals surface area contributed by atoms with Crippen LogP contribution in [0.1, 0.15) is 6.42 Å². The summed E-state index contributed by atoms with van der Waals surface area (Å²) >= 11 is 1.54. The Bertz CT molecular complexity index is 1380. The van der Waals surface area contributed by atoms with Crippen molar-refractivity contribution in [1.82, 2.24) is 14.1 Å². The van der Waals surface area contributed by atoms with Crippen molar-refractivity contribution in [3.05, 3.63) is 101 Å². The maximum absolute atomic E-state index is 14.3. The largest absolute Gasteiger partial charge is 0.337 e. The zero-order chi connectivity index (χ0) is 21.0. The van der Waals surface area contributed by atoms with Crippen molar-refractivity contribution >= 4 is 27.8 Å². The van der Waals surface area contributed by atoms with Gasteiger partial charge in [0.1, 0.15) is 11.5 Å².